The SMILES string of the molecule is CCNc1c(F)c(SC)c2c(=O)c(C(=O)O)cn(C3CC3)c2c1F. The molecule has 0 atom stereocenters. The molecule has 0 aliphatic heterocycles. The summed E-state index contributed by atoms with van der Waals surface area (Å²) < 4.78 is 31.1. The number of rotatable bonds is 5. The molecule has 3 rings (SSSR count). The van der Waals surface area contributed by atoms with Crippen LogP contribution in [0.15, 0.2) is 15.9 Å². The summed E-state index contributed by atoms with van der Waals surface area (Å²) in [6, 6.07) is -0.0738. The number of benzene rings is 1. The number of nitrogens with one attached hydrogen (secondary N) is 1. The normalized spacial score (nSPS) is 14.2. The molecule has 0 unspecified atom stereocenters. The molecule has 1 aromatic carbocycles. The van der Waals surface area contributed by atoms with Gasteiger partial charge in [-0.3, -0.25) is 4.79 Å². The summed E-state index contributed by atoms with van der Waals surface area (Å²) in [7, 11) is 0. The molecule has 128 valence electrons. The number of aromatic carboxylic acids is 1. The van der Waals surface area contributed by atoms with Crippen molar-refractivity contribution < 1.29 is 18.7 Å². The minimum absolute atomic E-state index is 0.0331. The molecule has 1 heterocycles. The van der Waals surface area contributed by atoms with E-state index in [1.54, 1.807) is 13.2 Å². The summed E-state index contributed by atoms with van der Waals surface area (Å²) in [5.41, 5.74) is -1.65. The lowest BCUT2D eigenvalue weighted by atomic mass is 10.1. The zero-order valence-corrected chi connectivity index (χ0v) is 14.0. The van der Waals surface area contributed by atoms with Gasteiger partial charge in [0.2, 0.25) is 5.43 Å². The Morgan fingerprint density at radius 1 is 1.42 bits per heavy atom. The quantitative estimate of drug-likeness (QED) is 0.805. The van der Waals surface area contributed by atoms with Gasteiger partial charge in [0.1, 0.15) is 11.3 Å². The number of carboxylic acid groups (broad SMARTS) is 1. The first-order chi connectivity index (χ1) is 11.4. The van der Waals surface area contributed by atoms with E-state index in [0.29, 0.717) is 6.54 Å². The standard InChI is InChI=1S/C16H16F2N2O3S/c1-3-19-12-10(17)13-9(15(24-2)11(12)18)14(21)8(16(22)23)6-20(13)7-4-5-7/h6-7,19H,3-5H2,1-2H3,(H,22,23). The van der Waals surface area contributed by atoms with Gasteiger partial charge in [0.05, 0.1) is 15.8 Å². The van der Waals surface area contributed by atoms with Crippen LogP contribution in [0.5, 0.6) is 0 Å². The molecule has 1 aliphatic carbocycles. The van der Waals surface area contributed by atoms with E-state index in [9.17, 15) is 23.5 Å². The second kappa shape index (κ2) is 6.08. The van der Waals surface area contributed by atoms with Crippen molar-refractivity contribution in [2.45, 2.75) is 30.7 Å². The smallest absolute Gasteiger partial charge is 0.341 e. The van der Waals surface area contributed by atoms with Crippen LogP contribution < -0.4 is 10.7 Å². The molecule has 1 aliphatic rings. The van der Waals surface area contributed by atoms with Gasteiger partial charge in [0, 0.05) is 18.8 Å². The number of nitrogens with zero attached hydrogens (tertiary/aromatic N) is 1. The van der Waals surface area contributed by atoms with Crippen LogP contribution in [0, 0.1) is 11.6 Å². The molecule has 5 nitrogen and oxygen atoms in total. The van der Waals surface area contributed by atoms with E-state index in [2.05, 4.69) is 5.32 Å². The molecule has 0 bridgehead atoms. The van der Waals surface area contributed by atoms with Crippen molar-refractivity contribution in [3.63, 3.8) is 0 Å². The Hall–Kier alpha value is -2.09. The molecular formula is C16H16F2N2O3S. The summed E-state index contributed by atoms with van der Waals surface area (Å²) in [6.07, 6.45) is 4.27. The first-order valence-electron chi connectivity index (χ1n) is 7.53. The van der Waals surface area contributed by atoms with Gasteiger partial charge >= 0.3 is 5.97 Å². The van der Waals surface area contributed by atoms with E-state index in [0.717, 1.165) is 24.6 Å². The largest absolute Gasteiger partial charge is 0.477 e. The summed E-state index contributed by atoms with van der Waals surface area (Å²) >= 11 is 0.961. The van der Waals surface area contributed by atoms with Crippen LogP contribution in [0.1, 0.15) is 36.2 Å². The lowest BCUT2D eigenvalue weighted by Crippen LogP contribution is -2.21. The minimum atomic E-state index is -1.40. The number of thioether (sulfide) groups is 1. The Labute approximate surface area is 140 Å². The monoisotopic (exact) mass is 354 g/mol. The van der Waals surface area contributed by atoms with Gasteiger partial charge in [-0.05, 0) is 26.0 Å². The third kappa shape index (κ3) is 2.45. The van der Waals surface area contributed by atoms with Crippen LogP contribution >= 0.6 is 11.8 Å². The number of fused-ring (bicyclic) bond motifs is 1. The average Bonchev–Trinajstić information content (AvgIpc) is 3.37. The Balaban J connectivity index is 2.54. The number of aromatic nitrogens is 1. The van der Waals surface area contributed by atoms with Crippen LogP contribution in [-0.2, 0) is 0 Å². The fraction of sp³-hybridized carbons (Fsp3) is 0.375. The Morgan fingerprint density at radius 2 is 2.08 bits per heavy atom. The molecule has 1 fully saturated rings. The minimum Gasteiger partial charge on any atom is -0.477 e. The number of halogens is 2. The van der Waals surface area contributed by atoms with E-state index in [1.165, 1.54) is 10.8 Å². The molecule has 1 saturated carbocycles. The average molecular weight is 354 g/mol. The number of hydrogen-bond donors (Lipinski definition) is 2. The van der Waals surface area contributed by atoms with Gasteiger partial charge < -0.3 is 15.0 Å². The molecule has 0 radical (unpaired) electrons. The Bertz CT molecular complexity index is 907. The van der Waals surface area contributed by atoms with Gasteiger partial charge in [0.15, 0.2) is 11.6 Å². The van der Waals surface area contributed by atoms with E-state index < -0.39 is 28.6 Å². The van der Waals surface area contributed by atoms with E-state index >= 15 is 0 Å². The highest BCUT2D eigenvalue weighted by atomic mass is 32.2. The number of carboxylic acids is 1. The summed E-state index contributed by atoms with van der Waals surface area (Å²) in [6.45, 7) is 2.03. The van der Waals surface area contributed by atoms with Crippen LogP contribution in [0.3, 0.4) is 0 Å². The molecule has 0 amide bonds. The van der Waals surface area contributed by atoms with Crippen LogP contribution in [0.25, 0.3) is 10.9 Å². The summed E-state index contributed by atoms with van der Waals surface area (Å²) in [5, 5.41) is 11.7. The van der Waals surface area contributed by atoms with Crippen molar-refractivity contribution in [2.75, 3.05) is 18.1 Å². The van der Waals surface area contributed by atoms with Crippen LogP contribution in [0.4, 0.5) is 14.5 Å². The van der Waals surface area contributed by atoms with Crippen molar-refractivity contribution >= 4 is 34.3 Å². The molecule has 0 saturated heterocycles. The van der Waals surface area contributed by atoms with E-state index in [-0.39, 0.29) is 27.5 Å². The Morgan fingerprint density at radius 3 is 2.58 bits per heavy atom. The lowest BCUT2D eigenvalue weighted by molar-refractivity contribution is 0.0694. The summed E-state index contributed by atoms with van der Waals surface area (Å²) in [4.78, 5) is 23.9. The number of hydrogen-bond acceptors (Lipinski definition) is 4. The van der Waals surface area contributed by atoms with Crippen LogP contribution in [-0.4, -0.2) is 28.4 Å². The zero-order valence-electron chi connectivity index (χ0n) is 13.2. The molecule has 1 aromatic heterocycles. The highest BCUT2D eigenvalue weighted by molar-refractivity contribution is 7.98. The van der Waals surface area contributed by atoms with E-state index in [1.807, 2.05) is 0 Å². The maximum absolute atomic E-state index is 15.0. The van der Waals surface area contributed by atoms with Gasteiger partial charge in [-0.1, -0.05) is 0 Å². The van der Waals surface area contributed by atoms with Crippen molar-refractivity contribution in [3.05, 3.63) is 33.6 Å². The lowest BCUT2D eigenvalue weighted by Gasteiger charge is -2.18. The third-order valence-electron chi connectivity index (χ3n) is 4.04. The zero-order chi connectivity index (χ0) is 17.6. The second-order valence-corrected chi connectivity index (χ2v) is 6.42. The molecule has 2 aromatic rings. The van der Waals surface area contributed by atoms with Crippen molar-refractivity contribution in [3.8, 4) is 0 Å². The van der Waals surface area contributed by atoms with E-state index in [4.69, 9.17) is 0 Å². The fourth-order valence-electron chi connectivity index (χ4n) is 2.82. The number of anilines is 1. The van der Waals surface area contributed by atoms with Crippen LogP contribution in [0.2, 0.25) is 0 Å². The highest BCUT2D eigenvalue weighted by Gasteiger charge is 2.31. The molecule has 8 heteroatoms. The van der Waals surface area contributed by atoms with Gasteiger partial charge in [-0.25, -0.2) is 13.6 Å². The van der Waals surface area contributed by atoms with Gasteiger partial charge in [-0.15, -0.1) is 11.8 Å². The molecular weight excluding hydrogens is 338 g/mol. The number of carbonyl (C=O) groups is 1. The van der Waals surface area contributed by atoms with Crippen molar-refractivity contribution in [2.24, 2.45) is 0 Å². The highest BCUT2D eigenvalue weighted by Crippen LogP contribution is 2.41. The molecule has 24 heavy (non-hydrogen) atoms. The third-order valence-corrected chi connectivity index (χ3v) is 4.83. The fourth-order valence-corrected chi connectivity index (χ4v) is 3.50. The van der Waals surface area contributed by atoms with Crippen molar-refractivity contribution in [1.82, 2.24) is 4.57 Å². The molecule has 0 spiro atoms. The Kier molecular flexibility index (Phi) is 4.25. The predicted octanol–water partition coefficient (Wildman–Crippen LogP) is 3.47. The topological polar surface area (TPSA) is 71.3 Å². The van der Waals surface area contributed by atoms with Gasteiger partial charge in [-0.2, -0.15) is 0 Å². The maximum Gasteiger partial charge on any atom is 0.341 e. The first-order valence-corrected chi connectivity index (χ1v) is 8.75. The maximum atomic E-state index is 15.0. The summed E-state index contributed by atoms with van der Waals surface area (Å²) in [5.74, 6) is -3.13. The second-order valence-electron chi connectivity index (χ2n) is 5.61. The van der Waals surface area contributed by atoms with Crippen molar-refractivity contribution in [1.29, 1.82) is 0 Å². The number of pyridine rings is 1. The molecule has 2 N–H and O–H groups in total. The predicted molar refractivity (Wildman–Crippen MR) is 89.3 cm³/mol. The first kappa shape index (κ1) is 16.8. The van der Waals surface area contributed by atoms with Gasteiger partial charge in [0.25, 0.3) is 0 Å².